The van der Waals surface area contributed by atoms with Gasteiger partial charge in [-0.2, -0.15) is 0 Å². The molecule has 2 aliphatic heterocycles. The van der Waals surface area contributed by atoms with E-state index in [2.05, 4.69) is 75.8 Å². The zero-order chi connectivity index (χ0) is 17.8. The molecule has 0 bridgehead atoms. The molecule has 0 amide bonds. The first kappa shape index (κ1) is 15.5. The molecule has 1 saturated heterocycles. The van der Waals surface area contributed by atoms with Crippen LogP contribution in [0.3, 0.4) is 0 Å². The molecular formula is C24H25N3. The van der Waals surface area contributed by atoms with Crippen LogP contribution >= 0.6 is 0 Å². The van der Waals surface area contributed by atoms with Gasteiger partial charge in [0.15, 0.2) is 0 Å². The number of piperidine rings is 1. The first-order chi connectivity index (χ1) is 13.4. The summed E-state index contributed by atoms with van der Waals surface area (Å²) in [6, 6.07) is 23.6. The molecule has 0 spiro atoms. The van der Waals surface area contributed by atoms with Gasteiger partial charge < -0.3 is 10.2 Å². The molecule has 0 radical (unpaired) electrons. The molecule has 0 aromatic heterocycles. The Kier molecular flexibility index (Phi) is 3.45. The number of likely N-dealkylation sites (tertiary alicyclic amines) is 1. The van der Waals surface area contributed by atoms with E-state index in [-0.39, 0.29) is 0 Å². The van der Waals surface area contributed by atoms with Crippen molar-refractivity contribution in [3.8, 4) is 0 Å². The van der Waals surface area contributed by atoms with Crippen LogP contribution in [0.4, 0.5) is 11.4 Å². The molecule has 1 N–H and O–H groups in total. The predicted octanol–water partition coefficient (Wildman–Crippen LogP) is 4.79. The van der Waals surface area contributed by atoms with Crippen LogP contribution < -0.4 is 10.2 Å². The summed E-state index contributed by atoms with van der Waals surface area (Å²) in [5.41, 5.74) is 5.76. The molecule has 27 heavy (non-hydrogen) atoms. The largest absolute Gasteiger partial charge is 0.366 e. The zero-order valence-corrected chi connectivity index (χ0v) is 15.6. The van der Waals surface area contributed by atoms with E-state index >= 15 is 0 Å². The normalized spacial score (nSPS) is 22.2. The van der Waals surface area contributed by atoms with Crippen molar-refractivity contribution in [2.75, 3.05) is 30.0 Å². The number of anilines is 2. The molecule has 1 atom stereocenters. The van der Waals surface area contributed by atoms with Crippen molar-refractivity contribution in [2.24, 2.45) is 0 Å². The van der Waals surface area contributed by atoms with Crippen LogP contribution in [0.1, 0.15) is 30.0 Å². The van der Waals surface area contributed by atoms with Crippen LogP contribution in [0.25, 0.3) is 10.8 Å². The minimum Gasteiger partial charge on any atom is -0.366 e. The van der Waals surface area contributed by atoms with E-state index < -0.39 is 0 Å². The van der Waals surface area contributed by atoms with Gasteiger partial charge in [-0.05, 0) is 53.3 Å². The maximum atomic E-state index is 3.55. The summed E-state index contributed by atoms with van der Waals surface area (Å²) in [4.78, 5) is 5.32. The maximum absolute atomic E-state index is 3.55. The van der Waals surface area contributed by atoms with Crippen LogP contribution in [0, 0.1) is 0 Å². The summed E-state index contributed by atoms with van der Waals surface area (Å²) in [5, 5.41) is 6.47. The second-order valence-electron chi connectivity index (χ2n) is 8.17. The number of nitrogens with one attached hydrogen (secondary N) is 1. The highest BCUT2D eigenvalue weighted by molar-refractivity contribution is 5.91. The van der Waals surface area contributed by atoms with E-state index in [1.165, 1.54) is 60.1 Å². The quantitative estimate of drug-likeness (QED) is 0.713. The molecule has 1 fully saturated rings. The van der Waals surface area contributed by atoms with Crippen molar-refractivity contribution in [1.82, 2.24) is 4.90 Å². The number of fused-ring (bicyclic) bond motifs is 1. The molecule has 2 heterocycles. The molecular weight excluding hydrogens is 330 g/mol. The van der Waals surface area contributed by atoms with E-state index in [0.29, 0.717) is 12.1 Å². The van der Waals surface area contributed by atoms with Crippen molar-refractivity contribution in [3.63, 3.8) is 0 Å². The van der Waals surface area contributed by atoms with Gasteiger partial charge in [0.1, 0.15) is 0 Å². The van der Waals surface area contributed by atoms with Gasteiger partial charge in [-0.3, -0.25) is 4.90 Å². The highest BCUT2D eigenvalue weighted by atomic mass is 15.3. The maximum Gasteiger partial charge on any atom is 0.0880 e. The van der Waals surface area contributed by atoms with Crippen LogP contribution in [0.15, 0.2) is 60.7 Å². The molecule has 0 saturated carbocycles. The van der Waals surface area contributed by atoms with Gasteiger partial charge in [0.2, 0.25) is 0 Å². The fourth-order valence-electron chi connectivity index (χ4n) is 5.51. The van der Waals surface area contributed by atoms with Crippen LogP contribution in [0.5, 0.6) is 0 Å². The third-order valence-corrected chi connectivity index (χ3v) is 6.83. The summed E-state index contributed by atoms with van der Waals surface area (Å²) in [7, 11) is 0. The molecule has 3 aromatic rings. The van der Waals surface area contributed by atoms with Gasteiger partial charge in [0.25, 0.3) is 0 Å². The summed E-state index contributed by atoms with van der Waals surface area (Å²) in [5.74, 6) is 0. The lowest BCUT2D eigenvalue weighted by Gasteiger charge is -2.40. The SMILES string of the molecule is c1ccc2c(c1)NCN2C1CCN([C@@H]2Cc3cccc4cccc2c34)CC1. The van der Waals surface area contributed by atoms with E-state index in [1.807, 2.05) is 0 Å². The van der Waals surface area contributed by atoms with Gasteiger partial charge in [-0.25, -0.2) is 0 Å². The van der Waals surface area contributed by atoms with Crippen LogP contribution in [0.2, 0.25) is 0 Å². The van der Waals surface area contributed by atoms with Gasteiger partial charge in [-0.15, -0.1) is 0 Å². The first-order valence-electron chi connectivity index (χ1n) is 10.2. The fraction of sp³-hybridized carbons (Fsp3) is 0.333. The van der Waals surface area contributed by atoms with Gasteiger partial charge >= 0.3 is 0 Å². The highest BCUT2D eigenvalue weighted by Crippen LogP contribution is 2.42. The second kappa shape index (κ2) is 6.00. The van der Waals surface area contributed by atoms with Gasteiger partial charge in [-0.1, -0.05) is 48.5 Å². The molecule has 1 aliphatic carbocycles. The number of nitrogens with zero attached hydrogens (tertiary/aromatic N) is 2. The zero-order valence-electron chi connectivity index (χ0n) is 15.6. The first-order valence-corrected chi connectivity index (χ1v) is 10.2. The fourth-order valence-corrected chi connectivity index (χ4v) is 5.51. The topological polar surface area (TPSA) is 18.5 Å². The standard InChI is InChI=1S/C24H25N3/c1-2-10-22-21(9-1)25-16-27(22)19-11-13-26(14-12-19)23-15-18-7-3-5-17-6-4-8-20(23)24(17)18/h1-10,19,23,25H,11-16H2/t23-/m1/s1. The molecule has 136 valence electrons. The van der Waals surface area contributed by atoms with E-state index in [4.69, 9.17) is 0 Å². The molecule has 3 aromatic carbocycles. The average Bonchev–Trinajstić information content (AvgIpc) is 3.32. The smallest absolute Gasteiger partial charge is 0.0880 e. The van der Waals surface area contributed by atoms with Crippen LogP contribution in [-0.4, -0.2) is 30.7 Å². The number of hydrogen-bond donors (Lipinski definition) is 1. The Hall–Kier alpha value is -2.52. The molecule has 3 heteroatoms. The lowest BCUT2D eigenvalue weighted by Crippen LogP contribution is -2.46. The van der Waals surface area contributed by atoms with Gasteiger partial charge in [0.05, 0.1) is 18.0 Å². The molecule has 6 rings (SSSR count). The van der Waals surface area contributed by atoms with Crippen molar-refractivity contribution in [1.29, 1.82) is 0 Å². The summed E-state index contributed by atoms with van der Waals surface area (Å²) in [6.07, 6.45) is 3.67. The van der Waals surface area contributed by atoms with Gasteiger partial charge in [0, 0.05) is 25.2 Å². The summed E-state index contributed by atoms with van der Waals surface area (Å²) >= 11 is 0. The Balaban J connectivity index is 1.21. The van der Waals surface area contributed by atoms with E-state index in [1.54, 1.807) is 5.56 Å². The minimum absolute atomic E-state index is 0.566. The Labute approximate surface area is 160 Å². The third-order valence-electron chi connectivity index (χ3n) is 6.83. The third kappa shape index (κ3) is 2.38. The molecule has 3 aliphatic rings. The highest BCUT2D eigenvalue weighted by Gasteiger charge is 2.34. The van der Waals surface area contributed by atoms with Crippen LogP contribution in [-0.2, 0) is 6.42 Å². The molecule has 3 nitrogen and oxygen atoms in total. The number of benzene rings is 3. The minimum atomic E-state index is 0.566. The summed E-state index contributed by atoms with van der Waals surface area (Å²) < 4.78 is 0. The van der Waals surface area contributed by atoms with Crippen molar-refractivity contribution in [2.45, 2.75) is 31.3 Å². The van der Waals surface area contributed by atoms with E-state index in [0.717, 1.165) is 6.67 Å². The Morgan fingerprint density at radius 3 is 2.56 bits per heavy atom. The lowest BCUT2D eigenvalue weighted by atomic mass is 9.98. The summed E-state index contributed by atoms with van der Waals surface area (Å²) in [6.45, 7) is 3.34. The average molecular weight is 355 g/mol. The molecule has 0 unspecified atom stereocenters. The predicted molar refractivity (Wildman–Crippen MR) is 112 cm³/mol. The Morgan fingerprint density at radius 1 is 0.852 bits per heavy atom. The van der Waals surface area contributed by atoms with Crippen molar-refractivity contribution in [3.05, 3.63) is 71.8 Å². The second-order valence-corrected chi connectivity index (χ2v) is 8.17. The lowest BCUT2D eigenvalue weighted by molar-refractivity contribution is 0.154. The number of rotatable bonds is 2. The number of para-hydroxylation sites is 2. The Bertz CT molecular complexity index is 998. The monoisotopic (exact) mass is 355 g/mol. The number of hydrogen-bond acceptors (Lipinski definition) is 3. The van der Waals surface area contributed by atoms with E-state index in [9.17, 15) is 0 Å². The Morgan fingerprint density at radius 2 is 1.67 bits per heavy atom. The van der Waals surface area contributed by atoms with Crippen molar-refractivity contribution >= 4 is 22.1 Å². The van der Waals surface area contributed by atoms with Crippen molar-refractivity contribution < 1.29 is 0 Å².